The maximum atomic E-state index is 13.7. The Kier molecular flexibility index (Phi) is 10.5. The van der Waals surface area contributed by atoms with Crippen LogP contribution in [0.3, 0.4) is 0 Å². The van der Waals surface area contributed by atoms with Gasteiger partial charge in [0, 0.05) is 25.2 Å². The average molecular weight is 575 g/mol. The summed E-state index contributed by atoms with van der Waals surface area (Å²) in [5.41, 5.74) is -0.0178. The third-order valence-corrected chi connectivity index (χ3v) is 7.26. The van der Waals surface area contributed by atoms with E-state index in [1.54, 1.807) is 32.0 Å². The van der Waals surface area contributed by atoms with Gasteiger partial charge in [-0.3, -0.25) is 24.0 Å². The number of sulfonamides is 1. The number of halogens is 2. The third kappa shape index (κ3) is 7.70. The van der Waals surface area contributed by atoms with E-state index in [1.165, 1.54) is 18.1 Å². The van der Waals surface area contributed by atoms with E-state index in [2.05, 4.69) is 5.32 Å². The molecule has 1 N–H and O–H groups in total. The number of ether oxygens (including phenoxy) is 1. The number of nitrogens with zero attached hydrogens (tertiary/aromatic N) is 3. The number of methoxy groups -OCH3 is 1. The van der Waals surface area contributed by atoms with E-state index in [0.717, 1.165) is 18.4 Å². The number of rotatable bonds is 12. The molecule has 0 saturated heterocycles. The van der Waals surface area contributed by atoms with Crippen LogP contribution in [0.2, 0.25) is 10.0 Å². The van der Waals surface area contributed by atoms with Crippen LogP contribution in [0.15, 0.2) is 36.4 Å². The van der Waals surface area contributed by atoms with Crippen molar-refractivity contribution in [3.05, 3.63) is 62.1 Å². The number of amides is 2. The molecule has 0 aliphatic rings. The van der Waals surface area contributed by atoms with Crippen LogP contribution in [0.1, 0.15) is 25.8 Å². The molecule has 2 rings (SSSR count). The molecule has 14 heteroatoms. The van der Waals surface area contributed by atoms with Gasteiger partial charge in [-0.2, -0.15) is 0 Å². The molecule has 0 saturated carbocycles. The Morgan fingerprint density at radius 1 is 1.14 bits per heavy atom. The van der Waals surface area contributed by atoms with Crippen LogP contribution >= 0.6 is 23.2 Å². The highest BCUT2D eigenvalue weighted by atomic mass is 35.5. The molecule has 1 atom stereocenters. The third-order valence-electron chi connectivity index (χ3n) is 5.39. The van der Waals surface area contributed by atoms with Gasteiger partial charge in [-0.15, -0.1) is 0 Å². The summed E-state index contributed by atoms with van der Waals surface area (Å²) in [7, 11) is -2.86. The number of carbonyl (C=O) groups is 2. The van der Waals surface area contributed by atoms with Crippen LogP contribution in [0.4, 0.5) is 11.4 Å². The molecule has 0 aliphatic heterocycles. The zero-order valence-corrected chi connectivity index (χ0v) is 23.1. The maximum Gasteiger partial charge on any atom is 0.271 e. The summed E-state index contributed by atoms with van der Waals surface area (Å²) >= 11 is 12.1. The van der Waals surface area contributed by atoms with E-state index < -0.39 is 45.0 Å². The van der Waals surface area contributed by atoms with E-state index in [9.17, 15) is 28.1 Å². The molecule has 0 bridgehead atoms. The van der Waals surface area contributed by atoms with Crippen LogP contribution in [-0.4, -0.2) is 62.6 Å². The van der Waals surface area contributed by atoms with Gasteiger partial charge in [-0.1, -0.05) is 36.2 Å². The van der Waals surface area contributed by atoms with Crippen molar-refractivity contribution in [3.8, 4) is 5.75 Å². The minimum Gasteiger partial charge on any atom is -0.495 e. The zero-order chi connectivity index (χ0) is 27.9. The van der Waals surface area contributed by atoms with E-state index in [1.807, 2.05) is 0 Å². The zero-order valence-electron chi connectivity index (χ0n) is 20.7. The molecule has 0 heterocycles. The number of carbonyl (C=O) groups excluding carboxylic acids is 2. The van der Waals surface area contributed by atoms with Crippen LogP contribution in [0.5, 0.6) is 5.75 Å². The number of nitro benzene ring substituents is 1. The summed E-state index contributed by atoms with van der Waals surface area (Å²) in [6, 6.07) is 7.21. The number of non-ortho nitro benzene ring substituents is 1. The van der Waals surface area contributed by atoms with Crippen molar-refractivity contribution in [1.29, 1.82) is 0 Å². The number of hydrogen-bond acceptors (Lipinski definition) is 7. The van der Waals surface area contributed by atoms with E-state index in [0.29, 0.717) is 21.4 Å². The van der Waals surface area contributed by atoms with Gasteiger partial charge >= 0.3 is 0 Å². The van der Waals surface area contributed by atoms with Gasteiger partial charge in [0.25, 0.3) is 5.69 Å². The van der Waals surface area contributed by atoms with Gasteiger partial charge in [0.2, 0.25) is 21.8 Å². The molecule has 0 radical (unpaired) electrons. The molecule has 0 fully saturated rings. The van der Waals surface area contributed by atoms with Crippen LogP contribution in [0, 0.1) is 10.1 Å². The summed E-state index contributed by atoms with van der Waals surface area (Å²) < 4.78 is 31.5. The predicted molar refractivity (Wildman–Crippen MR) is 142 cm³/mol. The van der Waals surface area contributed by atoms with Crippen LogP contribution in [-0.2, 0) is 26.2 Å². The summed E-state index contributed by atoms with van der Waals surface area (Å²) in [5.74, 6) is -1.13. The van der Waals surface area contributed by atoms with E-state index in [-0.39, 0.29) is 29.4 Å². The molecule has 202 valence electrons. The number of anilines is 1. The first-order chi connectivity index (χ1) is 17.3. The summed E-state index contributed by atoms with van der Waals surface area (Å²) in [6.07, 6.45) is 1.10. The normalized spacial score (nSPS) is 11.9. The monoisotopic (exact) mass is 574 g/mol. The highest BCUT2D eigenvalue weighted by Crippen LogP contribution is 2.34. The molecule has 0 aliphatic carbocycles. The highest BCUT2D eigenvalue weighted by molar-refractivity contribution is 7.92. The van der Waals surface area contributed by atoms with Gasteiger partial charge < -0.3 is 15.0 Å². The molecular weight excluding hydrogens is 547 g/mol. The molecule has 2 amide bonds. The fourth-order valence-electron chi connectivity index (χ4n) is 3.63. The lowest BCUT2D eigenvalue weighted by Crippen LogP contribution is -2.52. The van der Waals surface area contributed by atoms with Crippen LogP contribution < -0.4 is 14.4 Å². The predicted octanol–water partition coefficient (Wildman–Crippen LogP) is 3.62. The van der Waals surface area contributed by atoms with Crippen molar-refractivity contribution in [2.24, 2.45) is 0 Å². The molecule has 11 nitrogen and oxygen atoms in total. The van der Waals surface area contributed by atoms with Gasteiger partial charge in [0.15, 0.2) is 0 Å². The second-order valence-corrected chi connectivity index (χ2v) is 10.7. The standard InChI is InChI=1S/C23H28Cl2N4O7S/c1-5-19(23(31)26-6-2)27(13-15-7-9-17(24)18(25)11-15)22(30)14-28(37(4,34)35)20-12-16(29(32)33)8-10-21(20)36-3/h7-12,19H,5-6,13-14H2,1-4H3,(H,26,31)/t19-/m1/s1. The number of hydrogen-bond donors (Lipinski definition) is 1. The smallest absolute Gasteiger partial charge is 0.271 e. The van der Waals surface area contributed by atoms with Crippen molar-refractivity contribution in [2.75, 3.05) is 30.8 Å². The Balaban J connectivity index is 2.57. The quantitative estimate of drug-likeness (QED) is 0.301. The molecular formula is C23H28Cl2N4O7S. The topological polar surface area (TPSA) is 139 Å². The summed E-state index contributed by atoms with van der Waals surface area (Å²) in [6.45, 7) is 2.95. The van der Waals surface area contributed by atoms with Crippen molar-refractivity contribution in [2.45, 2.75) is 32.9 Å². The van der Waals surface area contributed by atoms with Crippen molar-refractivity contribution < 1.29 is 27.7 Å². The average Bonchev–Trinajstić information content (AvgIpc) is 2.83. The van der Waals surface area contributed by atoms with Crippen molar-refractivity contribution in [3.63, 3.8) is 0 Å². The number of nitrogens with one attached hydrogen (secondary N) is 1. The Morgan fingerprint density at radius 2 is 1.81 bits per heavy atom. The van der Waals surface area contributed by atoms with Crippen LogP contribution in [0.25, 0.3) is 0 Å². The Hall–Kier alpha value is -3.09. The molecule has 37 heavy (non-hydrogen) atoms. The van der Waals surface area contributed by atoms with E-state index in [4.69, 9.17) is 27.9 Å². The Labute approximate surface area is 225 Å². The molecule has 0 aromatic heterocycles. The lowest BCUT2D eigenvalue weighted by atomic mass is 10.1. The molecule has 0 unspecified atom stereocenters. The number of likely N-dealkylation sites (N-methyl/N-ethyl adjacent to an activating group) is 1. The lowest BCUT2D eigenvalue weighted by molar-refractivity contribution is -0.384. The van der Waals surface area contributed by atoms with Gasteiger partial charge in [-0.25, -0.2) is 8.42 Å². The van der Waals surface area contributed by atoms with Gasteiger partial charge in [0.1, 0.15) is 24.0 Å². The second kappa shape index (κ2) is 12.9. The summed E-state index contributed by atoms with van der Waals surface area (Å²) in [5, 5.41) is 14.6. The first kappa shape index (κ1) is 30.1. The van der Waals surface area contributed by atoms with Crippen molar-refractivity contribution >= 4 is 56.4 Å². The molecule has 2 aromatic carbocycles. The fourth-order valence-corrected chi connectivity index (χ4v) is 4.79. The molecule has 2 aromatic rings. The second-order valence-electron chi connectivity index (χ2n) is 7.97. The first-order valence-corrected chi connectivity index (χ1v) is 13.8. The minimum atomic E-state index is -4.13. The lowest BCUT2D eigenvalue weighted by Gasteiger charge is -2.33. The van der Waals surface area contributed by atoms with E-state index >= 15 is 0 Å². The highest BCUT2D eigenvalue weighted by Gasteiger charge is 2.33. The molecule has 0 spiro atoms. The Bertz CT molecular complexity index is 1270. The Morgan fingerprint density at radius 3 is 2.32 bits per heavy atom. The first-order valence-electron chi connectivity index (χ1n) is 11.1. The number of benzene rings is 2. The van der Waals surface area contributed by atoms with Crippen molar-refractivity contribution in [1.82, 2.24) is 10.2 Å². The largest absolute Gasteiger partial charge is 0.495 e. The van der Waals surface area contributed by atoms with Gasteiger partial charge in [-0.05, 0) is 37.1 Å². The fraction of sp³-hybridized carbons (Fsp3) is 0.391. The number of nitro groups is 1. The minimum absolute atomic E-state index is 0.00984. The maximum absolute atomic E-state index is 13.7. The van der Waals surface area contributed by atoms with Gasteiger partial charge in [0.05, 0.1) is 28.3 Å². The SMILES string of the molecule is CCNC(=O)[C@@H](CC)N(Cc1ccc(Cl)c(Cl)c1)C(=O)CN(c1cc([N+](=O)[O-])ccc1OC)S(C)(=O)=O. The summed E-state index contributed by atoms with van der Waals surface area (Å²) in [4.78, 5) is 38.4.